The number of amidine groups is 1. The van der Waals surface area contributed by atoms with Gasteiger partial charge in [0.25, 0.3) is 0 Å². The number of aromatic nitrogens is 1. The zero-order valence-electron chi connectivity index (χ0n) is 12.3. The van der Waals surface area contributed by atoms with Crippen molar-refractivity contribution >= 4 is 22.6 Å². The molecule has 0 radical (unpaired) electrons. The van der Waals surface area contributed by atoms with Crippen molar-refractivity contribution in [2.75, 3.05) is 38.1 Å². The van der Waals surface area contributed by atoms with Crippen LogP contribution in [0.2, 0.25) is 0 Å². The van der Waals surface area contributed by atoms with E-state index in [0.717, 1.165) is 54.9 Å². The lowest BCUT2D eigenvalue weighted by molar-refractivity contribution is 0.360. The fourth-order valence-corrected chi connectivity index (χ4v) is 2.80. The molecule has 110 valence electrons. The minimum Gasteiger partial charge on any atom is -0.384 e. The molecule has 0 amide bonds. The number of rotatable bonds is 2. The summed E-state index contributed by atoms with van der Waals surface area (Å²) in [4.78, 5) is 9.36. The maximum absolute atomic E-state index is 7.87. The minimum atomic E-state index is 0.0841. The molecule has 1 saturated heterocycles. The first kappa shape index (κ1) is 13.8. The average molecular weight is 283 g/mol. The summed E-state index contributed by atoms with van der Waals surface area (Å²) in [7, 11) is 2.14. The van der Waals surface area contributed by atoms with Crippen LogP contribution in [0.15, 0.2) is 30.3 Å². The van der Waals surface area contributed by atoms with Gasteiger partial charge in [0.2, 0.25) is 0 Å². The second-order valence-corrected chi connectivity index (χ2v) is 5.61. The second kappa shape index (κ2) is 5.69. The van der Waals surface area contributed by atoms with E-state index >= 15 is 0 Å². The molecule has 1 aromatic heterocycles. The topological polar surface area (TPSA) is 69.2 Å². The molecule has 1 fully saturated rings. The largest absolute Gasteiger partial charge is 0.384 e. The summed E-state index contributed by atoms with van der Waals surface area (Å²) in [5.41, 5.74) is 7.47. The van der Waals surface area contributed by atoms with Crippen LogP contribution >= 0.6 is 0 Å². The zero-order valence-corrected chi connectivity index (χ0v) is 12.3. The lowest BCUT2D eigenvalue weighted by Gasteiger charge is -2.24. The fraction of sp³-hybridized carbons (Fsp3) is 0.375. The van der Waals surface area contributed by atoms with Gasteiger partial charge < -0.3 is 15.5 Å². The van der Waals surface area contributed by atoms with E-state index < -0.39 is 0 Å². The number of nitrogens with one attached hydrogen (secondary N) is 1. The molecule has 0 saturated carbocycles. The Labute approximate surface area is 124 Å². The Hall–Kier alpha value is -2.14. The standard InChI is InChI=1S/C16H21N5/c1-20-7-4-8-21(10-9-20)16-13(15(17)18)11-12-5-2-3-6-14(12)19-16/h2-3,5-6,11H,4,7-10H2,1H3,(H3,17,18). The summed E-state index contributed by atoms with van der Waals surface area (Å²) < 4.78 is 0. The van der Waals surface area contributed by atoms with Crippen LogP contribution in [0.25, 0.3) is 10.9 Å². The molecule has 21 heavy (non-hydrogen) atoms. The normalized spacial score (nSPS) is 16.9. The van der Waals surface area contributed by atoms with Crippen LogP contribution in [0.3, 0.4) is 0 Å². The summed E-state index contributed by atoms with van der Waals surface area (Å²) in [6, 6.07) is 9.97. The molecule has 0 atom stereocenters. The van der Waals surface area contributed by atoms with Gasteiger partial charge in [-0.05, 0) is 32.1 Å². The van der Waals surface area contributed by atoms with Crippen molar-refractivity contribution < 1.29 is 0 Å². The number of nitrogens with zero attached hydrogens (tertiary/aromatic N) is 3. The van der Waals surface area contributed by atoms with Crippen molar-refractivity contribution in [1.82, 2.24) is 9.88 Å². The Balaban J connectivity index is 2.06. The van der Waals surface area contributed by atoms with Gasteiger partial charge in [0.05, 0.1) is 11.1 Å². The predicted octanol–water partition coefficient (Wildman–Crippen LogP) is 1.66. The maximum Gasteiger partial charge on any atom is 0.140 e. The van der Waals surface area contributed by atoms with E-state index in [-0.39, 0.29) is 5.84 Å². The third-order valence-electron chi connectivity index (χ3n) is 4.01. The Kier molecular flexibility index (Phi) is 3.75. The van der Waals surface area contributed by atoms with Crippen molar-refractivity contribution in [2.24, 2.45) is 5.73 Å². The number of anilines is 1. The number of hydrogen-bond acceptors (Lipinski definition) is 4. The van der Waals surface area contributed by atoms with E-state index in [2.05, 4.69) is 16.8 Å². The third-order valence-corrected chi connectivity index (χ3v) is 4.01. The van der Waals surface area contributed by atoms with Crippen molar-refractivity contribution in [1.29, 1.82) is 5.41 Å². The van der Waals surface area contributed by atoms with E-state index in [1.807, 2.05) is 30.3 Å². The first-order valence-electron chi connectivity index (χ1n) is 7.33. The van der Waals surface area contributed by atoms with Crippen LogP contribution < -0.4 is 10.6 Å². The SMILES string of the molecule is CN1CCCN(c2nc3ccccc3cc2C(=N)N)CC1. The van der Waals surface area contributed by atoms with Gasteiger partial charge >= 0.3 is 0 Å². The molecule has 5 nitrogen and oxygen atoms in total. The van der Waals surface area contributed by atoms with E-state index in [4.69, 9.17) is 16.1 Å². The van der Waals surface area contributed by atoms with E-state index in [1.165, 1.54) is 0 Å². The molecule has 1 aliphatic heterocycles. The van der Waals surface area contributed by atoms with Gasteiger partial charge in [0.15, 0.2) is 0 Å². The smallest absolute Gasteiger partial charge is 0.140 e. The fourth-order valence-electron chi connectivity index (χ4n) is 2.80. The maximum atomic E-state index is 7.87. The number of hydrogen-bond donors (Lipinski definition) is 2. The summed E-state index contributed by atoms with van der Waals surface area (Å²) in [6.07, 6.45) is 1.10. The quantitative estimate of drug-likeness (QED) is 0.649. The molecule has 1 aromatic carbocycles. The van der Waals surface area contributed by atoms with Crippen LogP contribution in [0.4, 0.5) is 5.82 Å². The van der Waals surface area contributed by atoms with Gasteiger partial charge in [-0.15, -0.1) is 0 Å². The van der Waals surface area contributed by atoms with Gasteiger partial charge in [-0.3, -0.25) is 5.41 Å². The predicted molar refractivity (Wildman–Crippen MR) is 87.1 cm³/mol. The number of benzene rings is 1. The highest BCUT2D eigenvalue weighted by Crippen LogP contribution is 2.24. The zero-order chi connectivity index (χ0) is 14.8. The van der Waals surface area contributed by atoms with Crippen LogP contribution in [0.1, 0.15) is 12.0 Å². The van der Waals surface area contributed by atoms with Crippen molar-refractivity contribution in [3.8, 4) is 0 Å². The molecular weight excluding hydrogens is 262 g/mol. The highest BCUT2D eigenvalue weighted by Gasteiger charge is 2.18. The van der Waals surface area contributed by atoms with E-state index in [9.17, 15) is 0 Å². The highest BCUT2D eigenvalue weighted by atomic mass is 15.2. The Morgan fingerprint density at radius 2 is 2.00 bits per heavy atom. The Morgan fingerprint density at radius 3 is 2.81 bits per heavy atom. The van der Waals surface area contributed by atoms with E-state index in [1.54, 1.807) is 0 Å². The molecule has 2 aromatic rings. The number of fused-ring (bicyclic) bond motifs is 1. The molecule has 0 spiro atoms. The van der Waals surface area contributed by atoms with Crippen LogP contribution in [-0.4, -0.2) is 48.9 Å². The molecule has 3 rings (SSSR count). The summed E-state index contributed by atoms with van der Waals surface area (Å²) in [5.74, 6) is 0.928. The molecule has 0 bridgehead atoms. The Morgan fingerprint density at radius 1 is 1.19 bits per heavy atom. The first-order chi connectivity index (χ1) is 10.1. The molecular formula is C16H21N5. The molecule has 1 aliphatic rings. The number of para-hydroxylation sites is 1. The van der Waals surface area contributed by atoms with Gasteiger partial charge in [-0.1, -0.05) is 18.2 Å². The summed E-state index contributed by atoms with van der Waals surface area (Å²) >= 11 is 0. The third kappa shape index (κ3) is 2.83. The van der Waals surface area contributed by atoms with Crippen LogP contribution in [0, 0.1) is 5.41 Å². The monoisotopic (exact) mass is 283 g/mol. The molecule has 0 unspecified atom stereocenters. The summed E-state index contributed by atoms with van der Waals surface area (Å²) in [5, 5.41) is 8.89. The number of pyridine rings is 1. The van der Waals surface area contributed by atoms with Gasteiger partial charge in [-0.2, -0.15) is 0 Å². The average Bonchev–Trinajstić information content (AvgIpc) is 2.70. The lowest BCUT2D eigenvalue weighted by Crippen LogP contribution is -2.31. The van der Waals surface area contributed by atoms with Crippen molar-refractivity contribution in [3.63, 3.8) is 0 Å². The van der Waals surface area contributed by atoms with Crippen LogP contribution in [-0.2, 0) is 0 Å². The first-order valence-corrected chi connectivity index (χ1v) is 7.33. The van der Waals surface area contributed by atoms with Crippen molar-refractivity contribution in [2.45, 2.75) is 6.42 Å². The minimum absolute atomic E-state index is 0.0841. The molecule has 3 N–H and O–H groups in total. The number of likely N-dealkylation sites (N-methyl/N-ethyl adjacent to an activating group) is 1. The van der Waals surface area contributed by atoms with Crippen LogP contribution in [0.5, 0.6) is 0 Å². The molecule has 2 heterocycles. The van der Waals surface area contributed by atoms with Gasteiger partial charge in [-0.25, -0.2) is 4.98 Å². The van der Waals surface area contributed by atoms with Gasteiger partial charge in [0, 0.05) is 25.0 Å². The number of nitrogen functional groups attached to an aromatic ring is 1. The van der Waals surface area contributed by atoms with Gasteiger partial charge in [0.1, 0.15) is 11.7 Å². The van der Waals surface area contributed by atoms with Crippen molar-refractivity contribution in [3.05, 3.63) is 35.9 Å². The Bertz CT molecular complexity index is 667. The lowest BCUT2D eigenvalue weighted by atomic mass is 10.1. The second-order valence-electron chi connectivity index (χ2n) is 5.61. The summed E-state index contributed by atoms with van der Waals surface area (Å²) in [6.45, 7) is 3.98. The highest BCUT2D eigenvalue weighted by molar-refractivity contribution is 6.03. The van der Waals surface area contributed by atoms with E-state index in [0.29, 0.717) is 0 Å². The molecule has 0 aliphatic carbocycles. The number of nitrogens with two attached hydrogens (primary N) is 1. The molecule has 5 heteroatoms.